The van der Waals surface area contributed by atoms with Gasteiger partial charge in [-0.2, -0.15) is 0 Å². The summed E-state index contributed by atoms with van der Waals surface area (Å²) in [5.41, 5.74) is 12.6. The van der Waals surface area contributed by atoms with Crippen LogP contribution in [0.2, 0.25) is 0 Å². The fourth-order valence-corrected chi connectivity index (χ4v) is 1.54. The van der Waals surface area contributed by atoms with E-state index in [-0.39, 0.29) is 18.4 Å². The van der Waals surface area contributed by atoms with Crippen LogP contribution in [0, 0.1) is 6.92 Å². The van der Waals surface area contributed by atoms with Crippen LogP contribution in [0.1, 0.15) is 29.3 Å². The molecule has 0 aliphatic heterocycles. The molecule has 0 radical (unpaired) electrons. The molecule has 0 bridgehead atoms. The molecule has 0 saturated carbocycles. The van der Waals surface area contributed by atoms with Crippen LogP contribution in [0.5, 0.6) is 0 Å². The van der Waals surface area contributed by atoms with E-state index < -0.39 is 5.91 Å². The molecule has 0 heterocycles. The zero-order valence-electron chi connectivity index (χ0n) is 9.99. The van der Waals surface area contributed by atoms with Crippen LogP contribution in [-0.2, 0) is 4.79 Å². The van der Waals surface area contributed by atoms with Crippen LogP contribution in [0.3, 0.4) is 0 Å². The molecule has 0 aromatic heterocycles. The van der Waals surface area contributed by atoms with Crippen molar-refractivity contribution in [2.75, 3.05) is 5.73 Å². The third-order valence-electron chi connectivity index (χ3n) is 2.34. The number of benzene rings is 1. The van der Waals surface area contributed by atoms with Gasteiger partial charge in [-0.05, 0) is 31.5 Å². The predicted molar refractivity (Wildman–Crippen MR) is 66.3 cm³/mol. The zero-order valence-corrected chi connectivity index (χ0v) is 9.99. The molecule has 17 heavy (non-hydrogen) atoms. The van der Waals surface area contributed by atoms with E-state index in [4.69, 9.17) is 11.5 Å². The van der Waals surface area contributed by atoms with Crippen molar-refractivity contribution in [2.24, 2.45) is 5.73 Å². The quantitative estimate of drug-likeness (QED) is 0.665. The summed E-state index contributed by atoms with van der Waals surface area (Å²) < 4.78 is 0. The molecule has 1 unspecified atom stereocenters. The Hall–Kier alpha value is -2.04. The summed E-state index contributed by atoms with van der Waals surface area (Å²) in [5.74, 6) is -0.745. The maximum atomic E-state index is 11.8. The number of nitrogens with one attached hydrogen (secondary N) is 1. The molecule has 1 aromatic rings. The Balaban J connectivity index is 2.73. The van der Waals surface area contributed by atoms with E-state index in [0.717, 1.165) is 5.56 Å². The van der Waals surface area contributed by atoms with E-state index in [2.05, 4.69) is 5.32 Å². The molecule has 0 saturated heterocycles. The van der Waals surface area contributed by atoms with Gasteiger partial charge < -0.3 is 16.8 Å². The lowest BCUT2D eigenvalue weighted by Crippen LogP contribution is -2.36. The van der Waals surface area contributed by atoms with E-state index >= 15 is 0 Å². The molecule has 0 fully saturated rings. The molecule has 1 atom stereocenters. The third-order valence-corrected chi connectivity index (χ3v) is 2.34. The summed E-state index contributed by atoms with van der Waals surface area (Å²) in [4.78, 5) is 22.5. The maximum Gasteiger partial charge on any atom is 0.253 e. The molecular formula is C12H17N3O2. The third kappa shape index (κ3) is 3.79. The summed E-state index contributed by atoms with van der Waals surface area (Å²) in [6.07, 6.45) is 0.109. The second-order valence-corrected chi connectivity index (χ2v) is 4.14. The molecule has 1 rings (SSSR count). The molecule has 0 aliphatic rings. The number of rotatable bonds is 4. The Labute approximate surface area is 100 Å². The number of carbonyl (C=O) groups is 2. The second-order valence-electron chi connectivity index (χ2n) is 4.14. The van der Waals surface area contributed by atoms with Crippen LogP contribution in [-0.4, -0.2) is 17.9 Å². The van der Waals surface area contributed by atoms with Gasteiger partial charge in [-0.25, -0.2) is 0 Å². The van der Waals surface area contributed by atoms with Gasteiger partial charge in [-0.3, -0.25) is 9.59 Å². The lowest BCUT2D eigenvalue weighted by atomic mass is 10.1. The van der Waals surface area contributed by atoms with Crippen molar-refractivity contribution in [3.8, 4) is 0 Å². The van der Waals surface area contributed by atoms with Gasteiger partial charge >= 0.3 is 0 Å². The number of hydrogen-bond donors (Lipinski definition) is 3. The van der Waals surface area contributed by atoms with Crippen molar-refractivity contribution < 1.29 is 9.59 Å². The van der Waals surface area contributed by atoms with Gasteiger partial charge in [0.1, 0.15) is 0 Å². The van der Waals surface area contributed by atoms with Crippen LogP contribution in [0.4, 0.5) is 5.69 Å². The smallest absolute Gasteiger partial charge is 0.253 e. The number of amides is 2. The number of aryl methyl sites for hydroxylation is 1. The largest absolute Gasteiger partial charge is 0.398 e. The van der Waals surface area contributed by atoms with Crippen LogP contribution < -0.4 is 16.8 Å². The summed E-state index contributed by atoms with van der Waals surface area (Å²) in [6, 6.07) is 4.90. The molecule has 5 heteroatoms. The molecule has 1 aromatic carbocycles. The maximum absolute atomic E-state index is 11.8. The molecular weight excluding hydrogens is 218 g/mol. The van der Waals surface area contributed by atoms with Crippen molar-refractivity contribution in [2.45, 2.75) is 26.3 Å². The number of carbonyl (C=O) groups excluding carboxylic acids is 2. The van der Waals surface area contributed by atoms with Crippen molar-refractivity contribution in [3.05, 3.63) is 29.3 Å². The van der Waals surface area contributed by atoms with Crippen molar-refractivity contribution in [1.29, 1.82) is 0 Å². The van der Waals surface area contributed by atoms with Crippen molar-refractivity contribution in [1.82, 2.24) is 5.32 Å². The molecule has 92 valence electrons. The highest BCUT2D eigenvalue weighted by Gasteiger charge is 2.13. The highest BCUT2D eigenvalue weighted by Crippen LogP contribution is 2.13. The molecule has 0 spiro atoms. The first-order chi connectivity index (χ1) is 7.90. The van der Waals surface area contributed by atoms with Gasteiger partial charge in [0.05, 0.1) is 5.56 Å². The summed E-state index contributed by atoms with van der Waals surface area (Å²) in [6.45, 7) is 3.61. The van der Waals surface area contributed by atoms with E-state index in [9.17, 15) is 9.59 Å². The van der Waals surface area contributed by atoms with Crippen LogP contribution in [0.15, 0.2) is 18.2 Å². The Morgan fingerprint density at radius 1 is 1.41 bits per heavy atom. The fourth-order valence-electron chi connectivity index (χ4n) is 1.54. The minimum atomic E-state index is -0.449. The average molecular weight is 235 g/mol. The SMILES string of the molecule is Cc1ccc(C(=O)NC(C)CC(N)=O)c(N)c1. The molecule has 5 N–H and O–H groups in total. The van der Waals surface area contributed by atoms with E-state index in [1.165, 1.54) is 0 Å². The lowest BCUT2D eigenvalue weighted by molar-refractivity contribution is -0.118. The number of hydrogen-bond acceptors (Lipinski definition) is 3. The first-order valence-corrected chi connectivity index (χ1v) is 5.35. The van der Waals surface area contributed by atoms with Gasteiger partial charge in [0.15, 0.2) is 0 Å². The van der Waals surface area contributed by atoms with Crippen LogP contribution in [0.25, 0.3) is 0 Å². The van der Waals surface area contributed by atoms with E-state index in [1.807, 2.05) is 13.0 Å². The minimum Gasteiger partial charge on any atom is -0.398 e. The molecule has 0 aliphatic carbocycles. The predicted octanol–water partition coefficient (Wildman–Crippen LogP) is 0.571. The van der Waals surface area contributed by atoms with E-state index in [1.54, 1.807) is 19.1 Å². The summed E-state index contributed by atoms with van der Waals surface area (Å²) in [7, 11) is 0. The molecule has 2 amide bonds. The van der Waals surface area contributed by atoms with Crippen molar-refractivity contribution >= 4 is 17.5 Å². The van der Waals surface area contributed by atoms with Crippen LogP contribution >= 0.6 is 0 Å². The minimum absolute atomic E-state index is 0.109. The fraction of sp³-hybridized carbons (Fsp3) is 0.333. The standard InChI is InChI=1S/C12H17N3O2/c1-7-3-4-9(10(13)5-7)12(17)15-8(2)6-11(14)16/h3-5,8H,6,13H2,1-2H3,(H2,14,16)(H,15,17). The Morgan fingerprint density at radius 3 is 2.59 bits per heavy atom. The normalized spacial score (nSPS) is 11.9. The second kappa shape index (κ2) is 5.34. The Morgan fingerprint density at radius 2 is 2.06 bits per heavy atom. The highest BCUT2D eigenvalue weighted by molar-refractivity contribution is 5.99. The Kier molecular flexibility index (Phi) is 4.09. The van der Waals surface area contributed by atoms with Crippen molar-refractivity contribution in [3.63, 3.8) is 0 Å². The van der Waals surface area contributed by atoms with E-state index in [0.29, 0.717) is 11.3 Å². The number of nitrogen functional groups attached to an aromatic ring is 1. The summed E-state index contributed by atoms with van der Waals surface area (Å²) >= 11 is 0. The lowest BCUT2D eigenvalue weighted by Gasteiger charge is -2.13. The van der Waals surface area contributed by atoms with Gasteiger partial charge in [-0.15, -0.1) is 0 Å². The average Bonchev–Trinajstić information content (AvgIpc) is 2.15. The van der Waals surface area contributed by atoms with Gasteiger partial charge in [0, 0.05) is 18.2 Å². The number of nitrogens with two attached hydrogens (primary N) is 2. The number of anilines is 1. The first kappa shape index (κ1) is 13.0. The monoisotopic (exact) mass is 235 g/mol. The first-order valence-electron chi connectivity index (χ1n) is 5.35. The highest BCUT2D eigenvalue weighted by atomic mass is 16.2. The van der Waals surface area contributed by atoms with Gasteiger partial charge in [0.2, 0.25) is 5.91 Å². The Bertz CT molecular complexity index is 443. The number of primary amides is 1. The van der Waals surface area contributed by atoms with Gasteiger partial charge in [0.25, 0.3) is 5.91 Å². The topological polar surface area (TPSA) is 98.2 Å². The van der Waals surface area contributed by atoms with Gasteiger partial charge in [-0.1, -0.05) is 6.07 Å². The summed E-state index contributed by atoms with van der Waals surface area (Å²) in [5, 5.41) is 2.67. The zero-order chi connectivity index (χ0) is 13.0. The molecule has 5 nitrogen and oxygen atoms in total.